The van der Waals surface area contributed by atoms with Crippen molar-refractivity contribution in [3.63, 3.8) is 0 Å². The molecule has 1 N–H and O–H groups in total. The van der Waals surface area contributed by atoms with Crippen LogP contribution in [0.3, 0.4) is 0 Å². The number of unbranched alkanes of at least 4 members (excludes halogenated alkanes) is 5. The molecule has 0 fully saturated rings. The first-order valence-electron chi connectivity index (χ1n) is 8.50. The van der Waals surface area contributed by atoms with Crippen molar-refractivity contribution in [3.05, 3.63) is 17.0 Å². The molecule has 0 saturated heterocycles. The topological polar surface area (TPSA) is 37.8 Å². The number of thioether (sulfide) groups is 1. The molecule has 0 bridgehead atoms. The third-order valence-electron chi connectivity index (χ3n) is 3.51. The average Bonchev–Trinajstić information content (AvgIpc) is 2.50. The molecule has 0 saturated carbocycles. The lowest BCUT2D eigenvalue weighted by Gasteiger charge is -2.09. The van der Waals surface area contributed by atoms with Crippen molar-refractivity contribution >= 4 is 29.2 Å². The Labute approximate surface area is 145 Å². The van der Waals surface area contributed by atoms with E-state index < -0.39 is 0 Å². The summed E-state index contributed by atoms with van der Waals surface area (Å²) in [7, 11) is 0. The predicted octanol–water partition coefficient (Wildman–Crippen LogP) is 5.59. The number of aryl methyl sites for hydroxylation is 1. The van der Waals surface area contributed by atoms with Gasteiger partial charge in [-0.1, -0.05) is 58.1 Å². The largest absolute Gasteiger partial charge is 0.369 e. The molecule has 0 radical (unpaired) electrons. The number of hydrogen-bond acceptors (Lipinski definition) is 4. The van der Waals surface area contributed by atoms with Crippen molar-refractivity contribution < 1.29 is 0 Å². The van der Waals surface area contributed by atoms with Gasteiger partial charge in [0.25, 0.3) is 0 Å². The van der Waals surface area contributed by atoms with E-state index in [1.54, 1.807) is 6.33 Å². The molecule has 1 aromatic rings. The minimum atomic E-state index is 0.674. The predicted molar refractivity (Wildman–Crippen MR) is 100 cm³/mol. The molecular formula is C17H30ClN3S. The molecule has 0 aliphatic heterocycles. The Morgan fingerprint density at radius 3 is 2.45 bits per heavy atom. The Morgan fingerprint density at radius 2 is 1.77 bits per heavy atom. The molecular weight excluding hydrogens is 314 g/mol. The smallest absolute Gasteiger partial charge is 0.148 e. The Kier molecular flexibility index (Phi) is 10.7. The van der Waals surface area contributed by atoms with Crippen LogP contribution in [-0.4, -0.2) is 27.5 Å². The Bertz CT molecular complexity index is 413. The second-order valence-corrected chi connectivity index (χ2v) is 7.87. The van der Waals surface area contributed by atoms with Crippen molar-refractivity contribution in [1.82, 2.24) is 9.97 Å². The van der Waals surface area contributed by atoms with Gasteiger partial charge in [-0.05, 0) is 30.3 Å². The Morgan fingerprint density at radius 1 is 1.09 bits per heavy atom. The van der Waals surface area contributed by atoms with Crippen LogP contribution < -0.4 is 5.32 Å². The maximum Gasteiger partial charge on any atom is 0.148 e. The third-order valence-corrected chi connectivity index (χ3v) is 5.10. The van der Waals surface area contributed by atoms with E-state index >= 15 is 0 Å². The van der Waals surface area contributed by atoms with Gasteiger partial charge in [0.05, 0.1) is 5.69 Å². The number of anilines is 1. The van der Waals surface area contributed by atoms with Crippen molar-refractivity contribution in [2.24, 2.45) is 0 Å². The first-order valence-corrected chi connectivity index (χ1v) is 9.92. The van der Waals surface area contributed by atoms with E-state index in [1.165, 1.54) is 44.3 Å². The van der Waals surface area contributed by atoms with Crippen LogP contribution in [0.15, 0.2) is 6.33 Å². The normalized spacial score (nSPS) is 11.1. The Hall–Kier alpha value is -0.480. The van der Waals surface area contributed by atoms with Crippen molar-refractivity contribution in [2.75, 3.05) is 17.6 Å². The highest BCUT2D eigenvalue weighted by molar-refractivity contribution is 7.99. The summed E-state index contributed by atoms with van der Waals surface area (Å²) in [5.74, 6) is 2.09. The van der Waals surface area contributed by atoms with E-state index in [2.05, 4.69) is 47.8 Å². The molecule has 126 valence electrons. The first-order chi connectivity index (χ1) is 10.6. The lowest BCUT2D eigenvalue weighted by Crippen LogP contribution is -2.05. The van der Waals surface area contributed by atoms with Crippen LogP contribution in [0.2, 0.25) is 5.02 Å². The summed E-state index contributed by atoms with van der Waals surface area (Å²) >= 11 is 8.32. The fourth-order valence-corrected chi connectivity index (χ4v) is 3.38. The first kappa shape index (κ1) is 19.6. The molecule has 1 heterocycles. The summed E-state index contributed by atoms with van der Waals surface area (Å²) in [4.78, 5) is 8.39. The lowest BCUT2D eigenvalue weighted by atomic mass is 10.1. The summed E-state index contributed by atoms with van der Waals surface area (Å²) < 4.78 is 0. The number of aromatic nitrogens is 2. The molecule has 1 rings (SSSR count). The molecule has 5 heteroatoms. The van der Waals surface area contributed by atoms with E-state index in [-0.39, 0.29) is 0 Å². The highest BCUT2D eigenvalue weighted by atomic mass is 35.5. The SMILES string of the molecule is CCc1ncnc(NCCCCCCCCSC(C)C)c1Cl. The van der Waals surface area contributed by atoms with Crippen LogP contribution in [0.4, 0.5) is 5.82 Å². The average molecular weight is 344 g/mol. The van der Waals surface area contributed by atoms with E-state index in [0.717, 1.165) is 29.7 Å². The highest BCUT2D eigenvalue weighted by Gasteiger charge is 2.06. The number of rotatable bonds is 12. The fourth-order valence-electron chi connectivity index (χ4n) is 2.24. The van der Waals surface area contributed by atoms with Crippen LogP contribution in [0, 0.1) is 0 Å². The van der Waals surface area contributed by atoms with Crippen LogP contribution in [0.25, 0.3) is 0 Å². The van der Waals surface area contributed by atoms with E-state index in [4.69, 9.17) is 11.6 Å². The number of nitrogens with zero attached hydrogens (tertiary/aromatic N) is 2. The van der Waals surface area contributed by atoms with Crippen LogP contribution >= 0.6 is 23.4 Å². The van der Waals surface area contributed by atoms with Crippen LogP contribution in [0.5, 0.6) is 0 Å². The second-order valence-electron chi connectivity index (χ2n) is 5.80. The Balaban J connectivity index is 2.02. The molecule has 0 amide bonds. The summed E-state index contributed by atoms with van der Waals surface area (Å²) in [6, 6.07) is 0. The van der Waals surface area contributed by atoms with E-state index in [9.17, 15) is 0 Å². The molecule has 0 aliphatic carbocycles. The van der Waals surface area contributed by atoms with Gasteiger partial charge in [0.1, 0.15) is 17.2 Å². The number of halogens is 1. The van der Waals surface area contributed by atoms with E-state index in [1.807, 2.05) is 0 Å². The molecule has 22 heavy (non-hydrogen) atoms. The van der Waals surface area contributed by atoms with Gasteiger partial charge in [-0.2, -0.15) is 11.8 Å². The minimum absolute atomic E-state index is 0.674. The van der Waals surface area contributed by atoms with Gasteiger partial charge >= 0.3 is 0 Å². The highest BCUT2D eigenvalue weighted by Crippen LogP contribution is 2.22. The van der Waals surface area contributed by atoms with Gasteiger partial charge in [-0.3, -0.25) is 0 Å². The van der Waals surface area contributed by atoms with Crippen LogP contribution in [-0.2, 0) is 6.42 Å². The zero-order chi connectivity index (χ0) is 16.2. The second kappa shape index (κ2) is 12.0. The zero-order valence-corrected chi connectivity index (χ0v) is 15.8. The molecule has 0 aliphatic rings. The molecule has 3 nitrogen and oxygen atoms in total. The quantitative estimate of drug-likeness (QED) is 0.502. The van der Waals surface area contributed by atoms with Gasteiger partial charge in [0.15, 0.2) is 0 Å². The summed E-state index contributed by atoms with van der Waals surface area (Å²) in [6.45, 7) is 7.52. The molecule has 1 aromatic heterocycles. The lowest BCUT2D eigenvalue weighted by molar-refractivity contribution is 0.618. The van der Waals surface area contributed by atoms with E-state index in [0.29, 0.717) is 5.02 Å². The molecule has 0 atom stereocenters. The van der Waals surface area contributed by atoms with Crippen molar-refractivity contribution in [3.8, 4) is 0 Å². The molecule has 0 aromatic carbocycles. The maximum absolute atomic E-state index is 6.25. The maximum atomic E-state index is 6.25. The van der Waals surface area contributed by atoms with Crippen molar-refractivity contribution in [2.45, 2.75) is 71.0 Å². The number of nitrogens with one attached hydrogen (secondary N) is 1. The zero-order valence-electron chi connectivity index (χ0n) is 14.2. The van der Waals surface area contributed by atoms with Crippen LogP contribution in [0.1, 0.15) is 65.0 Å². The van der Waals surface area contributed by atoms with Crippen molar-refractivity contribution in [1.29, 1.82) is 0 Å². The minimum Gasteiger partial charge on any atom is -0.369 e. The molecule has 0 spiro atoms. The molecule has 0 unspecified atom stereocenters. The number of hydrogen-bond donors (Lipinski definition) is 1. The third kappa shape index (κ3) is 8.23. The monoisotopic (exact) mass is 343 g/mol. The van der Waals surface area contributed by atoms with Gasteiger partial charge in [-0.25, -0.2) is 9.97 Å². The summed E-state index contributed by atoms with van der Waals surface area (Å²) in [6.07, 6.45) is 10.3. The van der Waals surface area contributed by atoms with Gasteiger partial charge in [-0.15, -0.1) is 0 Å². The summed E-state index contributed by atoms with van der Waals surface area (Å²) in [5.41, 5.74) is 0.915. The summed E-state index contributed by atoms with van der Waals surface area (Å²) in [5, 5.41) is 4.77. The van der Waals surface area contributed by atoms with Gasteiger partial charge in [0, 0.05) is 6.54 Å². The van der Waals surface area contributed by atoms with Gasteiger partial charge < -0.3 is 5.32 Å². The van der Waals surface area contributed by atoms with Gasteiger partial charge in [0.2, 0.25) is 0 Å². The fraction of sp³-hybridized carbons (Fsp3) is 0.765. The standard InChI is InChI=1S/C17H30ClN3S/c1-4-15-16(18)17(21-13-20-15)19-11-9-7-5-6-8-10-12-22-14(2)3/h13-14H,4-12H2,1-3H3,(H,19,20,21).